The lowest BCUT2D eigenvalue weighted by molar-refractivity contribution is 0.229. The van der Waals surface area contributed by atoms with Crippen LogP contribution in [0.25, 0.3) is 0 Å². The van der Waals surface area contributed by atoms with Gasteiger partial charge >= 0.3 is 0 Å². The average molecular weight is 292 g/mol. The van der Waals surface area contributed by atoms with Crippen LogP contribution >= 0.6 is 11.3 Å². The molecule has 0 radical (unpaired) electrons. The number of hydrogen-bond donors (Lipinski definition) is 1. The summed E-state index contributed by atoms with van der Waals surface area (Å²) in [6.45, 7) is 6.07. The van der Waals surface area contributed by atoms with Gasteiger partial charge in [0.25, 0.3) is 0 Å². The van der Waals surface area contributed by atoms with Crippen molar-refractivity contribution in [3.05, 3.63) is 21.4 Å². The van der Waals surface area contributed by atoms with Crippen LogP contribution in [0.15, 0.2) is 6.07 Å². The van der Waals surface area contributed by atoms with Crippen LogP contribution in [0.3, 0.4) is 0 Å². The number of nitrogens with zero attached hydrogens (tertiary/aromatic N) is 1. The molecular formula is C17H28N2S. The van der Waals surface area contributed by atoms with Gasteiger partial charge in [-0.15, -0.1) is 11.3 Å². The fourth-order valence-electron chi connectivity index (χ4n) is 3.45. The van der Waals surface area contributed by atoms with Crippen LogP contribution < -0.4 is 5.32 Å². The number of nitrogens with one attached hydrogen (secondary N) is 1. The van der Waals surface area contributed by atoms with Gasteiger partial charge in [0, 0.05) is 29.4 Å². The summed E-state index contributed by atoms with van der Waals surface area (Å²) in [5.41, 5.74) is 1.65. The van der Waals surface area contributed by atoms with Gasteiger partial charge in [-0.2, -0.15) is 0 Å². The molecule has 112 valence electrons. The quantitative estimate of drug-likeness (QED) is 0.659. The second kappa shape index (κ2) is 7.58. The molecule has 20 heavy (non-hydrogen) atoms. The van der Waals surface area contributed by atoms with Crippen molar-refractivity contribution in [2.75, 3.05) is 26.2 Å². The van der Waals surface area contributed by atoms with E-state index in [-0.39, 0.29) is 0 Å². The molecule has 2 nitrogen and oxygen atoms in total. The fraction of sp³-hybridized carbons (Fsp3) is 0.765. The number of fused-ring (bicyclic) bond motifs is 1. The molecule has 1 aromatic heterocycles. The number of hydrogen-bond acceptors (Lipinski definition) is 3. The minimum absolute atomic E-state index is 1.07. The fourth-order valence-corrected chi connectivity index (χ4v) is 4.68. The zero-order valence-corrected chi connectivity index (χ0v) is 13.4. The first kappa shape index (κ1) is 14.6. The first-order valence-corrected chi connectivity index (χ1v) is 9.27. The van der Waals surface area contributed by atoms with E-state index in [9.17, 15) is 0 Å². The molecule has 0 bridgehead atoms. The first-order chi connectivity index (χ1) is 9.92. The predicted molar refractivity (Wildman–Crippen MR) is 87.6 cm³/mol. The summed E-state index contributed by atoms with van der Waals surface area (Å²) in [6.07, 6.45) is 11.1. The smallest absolute Gasteiger partial charge is 0.0300 e. The molecule has 1 aromatic rings. The minimum atomic E-state index is 1.07. The first-order valence-electron chi connectivity index (χ1n) is 8.45. The highest BCUT2D eigenvalue weighted by atomic mass is 32.1. The lowest BCUT2D eigenvalue weighted by Gasteiger charge is -2.26. The third-order valence-corrected chi connectivity index (χ3v) is 5.89. The zero-order valence-electron chi connectivity index (χ0n) is 12.6. The third kappa shape index (κ3) is 4.06. The van der Waals surface area contributed by atoms with Gasteiger partial charge in [-0.05, 0) is 63.2 Å². The summed E-state index contributed by atoms with van der Waals surface area (Å²) in [6, 6.07) is 2.47. The predicted octanol–water partition coefficient (Wildman–Crippen LogP) is 3.59. The summed E-state index contributed by atoms with van der Waals surface area (Å²) in [7, 11) is 0. The second-order valence-corrected chi connectivity index (χ2v) is 7.52. The van der Waals surface area contributed by atoms with Crippen LogP contribution in [-0.2, 0) is 19.4 Å². The molecule has 2 aliphatic rings. The van der Waals surface area contributed by atoms with Crippen LogP contribution in [0.2, 0.25) is 0 Å². The number of likely N-dealkylation sites (tertiary alicyclic amines) is 1. The van der Waals surface area contributed by atoms with Crippen LogP contribution in [0, 0.1) is 0 Å². The van der Waals surface area contributed by atoms with Crippen molar-refractivity contribution in [3.8, 4) is 0 Å². The number of rotatable bonds is 5. The molecule has 2 heterocycles. The molecule has 0 aromatic carbocycles. The minimum Gasteiger partial charge on any atom is -0.311 e. The van der Waals surface area contributed by atoms with E-state index in [4.69, 9.17) is 0 Å². The van der Waals surface area contributed by atoms with E-state index in [0.717, 1.165) is 13.1 Å². The van der Waals surface area contributed by atoms with Gasteiger partial charge in [0.2, 0.25) is 0 Å². The molecule has 0 saturated carbocycles. The molecule has 3 heteroatoms. The summed E-state index contributed by atoms with van der Waals surface area (Å²) < 4.78 is 0. The molecule has 1 N–H and O–H groups in total. The van der Waals surface area contributed by atoms with E-state index in [1.165, 1.54) is 71.0 Å². The van der Waals surface area contributed by atoms with Crippen molar-refractivity contribution >= 4 is 11.3 Å². The second-order valence-electron chi connectivity index (χ2n) is 6.30. The Morgan fingerprint density at radius 3 is 2.70 bits per heavy atom. The maximum absolute atomic E-state index is 3.64. The molecule has 1 aliphatic carbocycles. The standard InChI is InChI=1S/C17H28N2S/c1-3-7-15-13-16(20-17(15)8-4-1)14-18-9-12-19-10-5-2-6-11-19/h13,18H,1-12,14H2. The average Bonchev–Trinajstić information content (AvgIpc) is 2.74. The maximum atomic E-state index is 3.64. The molecule has 0 unspecified atom stereocenters. The van der Waals surface area contributed by atoms with Crippen LogP contribution in [0.1, 0.15) is 53.8 Å². The van der Waals surface area contributed by atoms with Gasteiger partial charge in [0.15, 0.2) is 0 Å². The van der Waals surface area contributed by atoms with Gasteiger partial charge < -0.3 is 10.2 Å². The summed E-state index contributed by atoms with van der Waals surface area (Å²) >= 11 is 2.06. The van der Waals surface area contributed by atoms with Gasteiger partial charge in [0.1, 0.15) is 0 Å². The Kier molecular flexibility index (Phi) is 5.51. The molecule has 0 spiro atoms. The molecule has 3 rings (SSSR count). The van der Waals surface area contributed by atoms with E-state index >= 15 is 0 Å². The van der Waals surface area contributed by atoms with Crippen molar-refractivity contribution in [1.29, 1.82) is 0 Å². The van der Waals surface area contributed by atoms with E-state index in [2.05, 4.69) is 27.6 Å². The Morgan fingerprint density at radius 1 is 1.00 bits per heavy atom. The van der Waals surface area contributed by atoms with Gasteiger partial charge in [-0.3, -0.25) is 0 Å². The van der Waals surface area contributed by atoms with E-state index in [0.29, 0.717) is 0 Å². The summed E-state index contributed by atoms with van der Waals surface area (Å²) in [4.78, 5) is 5.84. The Morgan fingerprint density at radius 2 is 1.80 bits per heavy atom. The van der Waals surface area contributed by atoms with Crippen molar-refractivity contribution < 1.29 is 0 Å². The summed E-state index contributed by atoms with van der Waals surface area (Å²) in [5, 5.41) is 3.64. The van der Waals surface area contributed by atoms with Crippen LogP contribution in [0.5, 0.6) is 0 Å². The lowest BCUT2D eigenvalue weighted by atomic mass is 10.1. The summed E-state index contributed by atoms with van der Waals surface area (Å²) in [5.74, 6) is 0. The Labute approximate surface area is 127 Å². The number of piperidine rings is 1. The normalized spacial score (nSPS) is 20.6. The molecule has 1 saturated heterocycles. The van der Waals surface area contributed by atoms with E-state index in [1.807, 2.05) is 0 Å². The van der Waals surface area contributed by atoms with Gasteiger partial charge in [-0.1, -0.05) is 12.8 Å². The van der Waals surface area contributed by atoms with Crippen LogP contribution in [0.4, 0.5) is 0 Å². The lowest BCUT2D eigenvalue weighted by Crippen LogP contribution is -2.35. The van der Waals surface area contributed by atoms with Crippen molar-refractivity contribution in [3.63, 3.8) is 0 Å². The monoisotopic (exact) mass is 292 g/mol. The van der Waals surface area contributed by atoms with E-state index < -0.39 is 0 Å². The molecule has 1 fully saturated rings. The number of aryl methyl sites for hydroxylation is 2. The molecule has 0 atom stereocenters. The van der Waals surface area contributed by atoms with Crippen LogP contribution in [-0.4, -0.2) is 31.1 Å². The highest BCUT2D eigenvalue weighted by molar-refractivity contribution is 7.12. The Bertz CT molecular complexity index is 384. The third-order valence-electron chi connectivity index (χ3n) is 4.65. The van der Waals surface area contributed by atoms with Crippen molar-refractivity contribution in [2.45, 2.75) is 57.9 Å². The van der Waals surface area contributed by atoms with Crippen molar-refractivity contribution in [1.82, 2.24) is 10.2 Å². The van der Waals surface area contributed by atoms with E-state index in [1.54, 1.807) is 15.3 Å². The highest BCUT2D eigenvalue weighted by Crippen LogP contribution is 2.28. The highest BCUT2D eigenvalue weighted by Gasteiger charge is 2.12. The SMILES string of the molecule is c1c(CNCCN2CCCCC2)sc2c1CCCCC2. The topological polar surface area (TPSA) is 15.3 Å². The van der Waals surface area contributed by atoms with Crippen molar-refractivity contribution in [2.24, 2.45) is 0 Å². The van der Waals surface area contributed by atoms with Gasteiger partial charge in [-0.25, -0.2) is 0 Å². The zero-order chi connectivity index (χ0) is 13.6. The maximum Gasteiger partial charge on any atom is 0.0300 e. The van der Waals surface area contributed by atoms with Gasteiger partial charge in [0.05, 0.1) is 0 Å². The molecule has 0 amide bonds. The molecular weight excluding hydrogens is 264 g/mol. The largest absolute Gasteiger partial charge is 0.311 e. The Balaban J connectivity index is 1.40. The molecule has 1 aliphatic heterocycles. The Hall–Kier alpha value is -0.380. The number of thiophene rings is 1.